The fourth-order valence-corrected chi connectivity index (χ4v) is 5.69. The second kappa shape index (κ2) is 10.8. The van der Waals surface area contributed by atoms with Gasteiger partial charge in [0.1, 0.15) is 0 Å². The number of fused-ring (bicyclic) bond motifs is 1. The van der Waals surface area contributed by atoms with Gasteiger partial charge in [0.15, 0.2) is 17.4 Å². The highest BCUT2D eigenvalue weighted by Gasteiger charge is 2.24. The van der Waals surface area contributed by atoms with Crippen LogP contribution >= 0.6 is 0 Å². The van der Waals surface area contributed by atoms with Crippen LogP contribution in [0.2, 0.25) is 0 Å². The molecule has 4 aromatic rings. The monoisotopic (exact) mass is 535 g/mol. The second-order valence-corrected chi connectivity index (χ2v) is 10.6. The number of halogens is 2. The topological polar surface area (TPSA) is 94.2 Å². The summed E-state index contributed by atoms with van der Waals surface area (Å²) in [5.74, 6) is -3.65. The molecule has 0 atom stereocenters. The number of carbonyl (C=O) groups excluding carboxylic acids is 1. The van der Waals surface area contributed by atoms with Crippen LogP contribution in [-0.4, -0.2) is 50.3 Å². The summed E-state index contributed by atoms with van der Waals surface area (Å²) in [5, 5.41) is 22.6. The molecule has 1 saturated carbocycles. The van der Waals surface area contributed by atoms with Crippen molar-refractivity contribution in [3.05, 3.63) is 66.1 Å². The molecule has 0 unspecified atom stereocenters. The number of ether oxygens (including phenoxy) is 1. The van der Waals surface area contributed by atoms with Crippen molar-refractivity contribution in [1.82, 2.24) is 24.9 Å². The van der Waals surface area contributed by atoms with E-state index in [1.807, 2.05) is 6.20 Å². The van der Waals surface area contributed by atoms with Crippen LogP contribution in [0.15, 0.2) is 48.9 Å². The van der Waals surface area contributed by atoms with E-state index in [-0.39, 0.29) is 17.5 Å². The zero-order valence-corrected chi connectivity index (χ0v) is 21.5. The summed E-state index contributed by atoms with van der Waals surface area (Å²) in [5.41, 5.74) is 2.99. The molecule has 2 aromatic heterocycles. The van der Waals surface area contributed by atoms with Gasteiger partial charge in [0, 0.05) is 48.7 Å². The molecule has 10 heteroatoms. The van der Waals surface area contributed by atoms with E-state index in [0.717, 1.165) is 85.9 Å². The van der Waals surface area contributed by atoms with Crippen LogP contribution < -0.4 is 5.32 Å². The van der Waals surface area contributed by atoms with Gasteiger partial charge < -0.3 is 15.2 Å². The molecular formula is C29H31F2N5O3. The van der Waals surface area contributed by atoms with Crippen molar-refractivity contribution in [2.24, 2.45) is 5.92 Å². The number of nitrogens with zero attached hydrogens (tertiary/aromatic N) is 4. The van der Waals surface area contributed by atoms with Gasteiger partial charge in [0.05, 0.1) is 23.8 Å². The minimum atomic E-state index is -1.15. The van der Waals surface area contributed by atoms with Crippen LogP contribution in [0.5, 0.6) is 5.75 Å². The van der Waals surface area contributed by atoms with Crippen LogP contribution in [0.25, 0.3) is 22.0 Å². The number of benzene rings is 2. The zero-order valence-electron chi connectivity index (χ0n) is 21.5. The molecule has 8 nitrogen and oxygen atoms in total. The van der Waals surface area contributed by atoms with E-state index in [0.29, 0.717) is 12.6 Å². The lowest BCUT2D eigenvalue weighted by Gasteiger charge is -2.28. The molecule has 0 radical (unpaired) electrons. The molecule has 1 saturated heterocycles. The Morgan fingerprint density at radius 3 is 2.41 bits per heavy atom. The Balaban J connectivity index is 1.05. The number of hydrogen-bond donors (Lipinski definition) is 2. The Kier molecular flexibility index (Phi) is 7.03. The molecule has 2 fully saturated rings. The maximum absolute atomic E-state index is 13.6. The lowest BCUT2D eigenvalue weighted by Crippen LogP contribution is -2.31. The SMILES string of the molecule is O=C(NC[C@H]1CC[C@H](n2cc3ccc(-c4cnn(C5CCOCC5)c4)cc3n2)CC1)c1cc(F)c(O)c(F)c1. The third-order valence-corrected chi connectivity index (χ3v) is 8.05. The quantitative estimate of drug-likeness (QED) is 0.345. The maximum atomic E-state index is 13.6. The van der Waals surface area contributed by atoms with Crippen LogP contribution in [0.3, 0.4) is 0 Å². The van der Waals surface area contributed by atoms with Gasteiger partial charge in [-0.3, -0.25) is 14.2 Å². The molecule has 2 aromatic carbocycles. The zero-order chi connectivity index (χ0) is 26.9. The summed E-state index contributed by atoms with van der Waals surface area (Å²) in [4.78, 5) is 12.3. The minimum Gasteiger partial charge on any atom is -0.503 e. The molecule has 39 heavy (non-hydrogen) atoms. The first-order chi connectivity index (χ1) is 18.9. The fraction of sp³-hybridized carbons (Fsp3) is 0.414. The summed E-state index contributed by atoms with van der Waals surface area (Å²) >= 11 is 0. The van der Waals surface area contributed by atoms with E-state index in [1.54, 1.807) is 0 Å². The number of aromatic hydroxyl groups is 1. The van der Waals surface area contributed by atoms with Gasteiger partial charge in [-0.1, -0.05) is 12.1 Å². The molecule has 3 heterocycles. The lowest BCUT2D eigenvalue weighted by atomic mass is 9.86. The number of phenolic OH excluding ortho intramolecular Hbond substituents is 1. The van der Waals surface area contributed by atoms with E-state index in [4.69, 9.17) is 9.84 Å². The van der Waals surface area contributed by atoms with Gasteiger partial charge in [-0.05, 0) is 68.2 Å². The van der Waals surface area contributed by atoms with Gasteiger partial charge in [0.2, 0.25) is 0 Å². The third kappa shape index (κ3) is 5.38. The molecule has 204 valence electrons. The molecule has 0 spiro atoms. The predicted molar refractivity (Wildman–Crippen MR) is 141 cm³/mol. The molecule has 1 amide bonds. The molecule has 1 aliphatic heterocycles. The Bertz CT molecular complexity index is 1460. The highest BCUT2D eigenvalue weighted by molar-refractivity contribution is 5.94. The Hall–Kier alpha value is -3.79. The average Bonchev–Trinajstić information content (AvgIpc) is 3.62. The Labute approximate surface area is 224 Å². The van der Waals surface area contributed by atoms with Crippen molar-refractivity contribution in [2.45, 2.75) is 50.6 Å². The number of nitrogens with one attached hydrogen (secondary N) is 1. The molecule has 1 aliphatic carbocycles. The van der Waals surface area contributed by atoms with Gasteiger partial charge in [-0.2, -0.15) is 10.2 Å². The summed E-state index contributed by atoms with van der Waals surface area (Å²) < 4.78 is 36.7. The fourth-order valence-electron chi connectivity index (χ4n) is 5.69. The third-order valence-electron chi connectivity index (χ3n) is 8.05. The lowest BCUT2D eigenvalue weighted by molar-refractivity contribution is 0.0662. The van der Waals surface area contributed by atoms with Crippen LogP contribution in [-0.2, 0) is 4.74 Å². The van der Waals surface area contributed by atoms with Crippen LogP contribution in [0.1, 0.15) is 61.0 Å². The standard InChI is InChI=1S/C29H31F2N5O3/c30-25-11-21(12-26(31)28(25)37)29(38)32-14-18-1-5-23(6-2-18)36-16-20-4-3-19(13-27(20)34-36)22-15-33-35(17-22)24-7-9-39-10-8-24/h3-4,11-13,15-18,23-24,37H,1-2,5-10,14H2,(H,32,38)/t18-,23-. The first-order valence-corrected chi connectivity index (χ1v) is 13.5. The minimum absolute atomic E-state index is 0.143. The Morgan fingerprint density at radius 2 is 1.67 bits per heavy atom. The smallest absolute Gasteiger partial charge is 0.251 e. The van der Waals surface area contributed by atoms with Crippen molar-refractivity contribution in [2.75, 3.05) is 19.8 Å². The summed E-state index contributed by atoms with van der Waals surface area (Å²) in [7, 11) is 0. The number of rotatable bonds is 6. The van der Waals surface area contributed by atoms with E-state index >= 15 is 0 Å². The van der Waals surface area contributed by atoms with Gasteiger partial charge >= 0.3 is 0 Å². The first-order valence-electron chi connectivity index (χ1n) is 13.5. The average molecular weight is 536 g/mol. The van der Waals surface area contributed by atoms with Crippen LogP contribution in [0.4, 0.5) is 8.78 Å². The van der Waals surface area contributed by atoms with E-state index in [2.05, 4.69) is 50.4 Å². The van der Waals surface area contributed by atoms with Crippen molar-refractivity contribution in [3.63, 3.8) is 0 Å². The summed E-state index contributed by atoms with van der Waals surface area (Å²) in [6, 6.07) is 8.70. The van der Waals surface area contributed by atoms with Gasteiger partial charge in [0.25, 0.3) is 5.91 Å². The Morgan fingerprint density at radius 1 is 0.949 bits per heavy atom. The number of carbonyl (C=O) groups is 1. The predicted octanol–water partition coefficient (Wildman–Crippen LogP) is 5.40. The van der Waals surface area contributed by atoms with Crippen LogP contribution in [0, 0.1) is 17.6 Å². The normalized spacial score (nSPS) is 20.4. The number of amides is 1. The maximum Gasteiger partial charge on any atom is 0.251 e. The second-order valence-electron chi connectivity index (χ2n) is 10.6. The highest BCUT2D eigenvalue weighted by Crippen LogP contribution is 2.33. The van der Waals surface area contributed by atoms with Crippen molar-refractivity contribution >= 4 is 16.8 Å². The van der Waals surface area contributed by atoms with E-state index < -0.39 is 23.3 Å². The molecule has 2 N–H and O–H groups in total. The van der Waals surface area contributed by atoms with Crippen molar-refractivity contribution < 1.29 is 23.4 Å². The molecule has 2 aliphatic rings. The van der Waals surface area contributed by atoms with Gasteiger partial charge in [-0.25, -0.2) is 8.78 Å². The van der Waals surface area contributed by atoms with E-state index in [9.17, 15) is 18.7 Å². The number of aromatic nitrogens is 4. The molecule has 6 rings (SSSR count). The largest absolute Gasteiger partial charge is 0.503 e. The highest BCUT2D eigenvalue weighted by atomic mass is 19.1. The first kappa shape index (κ1) is 25.5. The van der Waals surface area contributed by atoms with Gasteiger partial charge in [-0.15, -0.1) is 0 Å². The number of phenols is 1. The summed E-state index contributed by atoms with van der Waals surface area (Å²) in [6.45, 7) is 1.99. The summed E-state index contributed by atoms with van der Waals surface area (Å²) in [6.07, 6.45) is 11.8. The molecular weight excluding hydrogens is 504 g/mol. The van der Waals surface area contributed by atoms with Crippen molar-refractivity contribution in [1.29, 1.82) is 0 Å². The molecule has 0 bridgehead atoms. The number of hydrogen-bond acceptors (Lipinski definition) is 5. The van der Waals surface area contributed by atoms with Crippen molar-refractivity contribution in [3.8, 4) is 16.9 Å². The van der Waals surface area contributed by atoms with E-state index in [1.165, 1.54) is 0 Å².